The maximum Gasteiger partial charge on any atom is 0.163 e. The van der Waals surface area contributed by atoms with Crippen LogP contribution in [0.5, 0.6) is 11.5 Å². The van der Waals surface area contributed by atoms with Gasteiger partial charge in [0.2, 0.25) is 0 Å². The number of hydrogen-bond acceptors (Lipinski definition) is 4. The highest BCUT2D eigenvalue weighted by Gasteiger charge is 2.14. The lowest BCUT2D eigenvalue weighted by Gasteiger charge is -2.13. The van der Waals surface area contributed by atoms with Crippen LogP contribution in [0.2, 0.25) is 0 Å². The molecular weight excluding hydrogens is 422 g/mol. The molecule has 4 rings (SSSR count). The fourth-order valence-corrected chi connectivity index (χ4v) is 3.51. The monoisotopic (exact) mass is 444 g/mol. The van der Waals surface area contributed by atoms with Crippen molar-refractivity contribution < 1.29 is 18.3 Å². The van der Waals surface area contributed by atoms with Crippen LogP contribution in [0.15, 0.2) is 85.1 Å². The first-order chi connectivity index (χ1) is 16.0. The number of hydrogen-bond donors (Lipinski definition) is 1. The Morgan fingerprint density at radius 2 is 1.70 bits per heavy atom. The van der Waals surface area contributed by atoms with Crippen LogP contribution >= 0.6 is 0 Å². The molecule has 33 heavy (non-hydrogen) atoms. The molecule has 0 bridgehead atoms. The molecule has 0 aliphatic heterocycles. The van der Waals surface area contributed by atoms with E-state index in [0.717, 1.165) is 11.8 Å². The Morgan fingerprint density at radius 1 is 0.939 bits per heavy atom. The van der Waals surface area contributed by atoms with Crippen LogP contribution in [-0.2, 0) is 6.42 Å². The summed E-state index contributed by atoms with van der Waals surface area (Å²) in [5, 5.41) is 3.22. The van der Waals surface area contributed by atoms with Crippen LogP contribution in [0.3, 0.4) is 0 Å². The second kappa shape index (κ2) is 10.0. The fraction of sp³-hybridized carbons (Fsp3) is 0.111. The van der Waals surface area contributed by atoms with Gasteiger partial charge in [-0.1, -0.05) is 30.3 Å². The molecule has 0 aliphatic carbocycles. The zero-order valence-electron chi connectivity index (χ0n) is 18.0. The molecule has 0 aliphatic rings. The minimum Gasteiger partial charge on any atom is -0.457 e. The first-order valence-corrected chi connectivity index (χ1v) is 10.5. The van der Waals surface area contributed by atoms with Crippen molar-refractivity contribution in [3.05, 3.63) is 113 Å². The zero-order valence-corrected chi connectivity index (χ0v) is 18.0. The van der Waals surface area contributed by atoms with Gasteiger partial charge in [-0.3, -0.25) is 4.79 Å². The second-order valence-electron chi connectivity index (χ2n) is 7.60. The minimum atomic E-state index is -0.650. The van der Waals surface area contributed by atoms with Crippen LogP contribution in [-0.4, -0.2) is 10.8 Å². The van der Waals surface area contributed by atoms with E-state index < -0.39 is 11.6 Å². The summed E-state index contributed by atoms with van der Waals surface area (Å²) in [6.45, 7) is 1.81. The lowest BCUT2D eigenvalue weighted by Crippen LogP contribution is -2.05. The number of aromatic nitrogens is 1. The summed E-state index contributed by atoms with van der Waals surface area (Å²) >= 11 is 0. The number of ether oxygens (including phenoxy) is 1. The van der Waals surface area contributed by atoms with Gasteiger partial charge in [0.25, 0.3) is 0 Å². The Bertz CT molecular complexity index is 1260. The molecule has 1 N–H and O–H groups in total. The van der Waals surface area contributed by atoms with Crippen molar-refractivity contribution in [2.75, 3.05) is 5.32 Å². The number of halogens is 2. The van der Waals surface area contributed by atoms with Crippen molar-refractivity contribution in [1.29, 1.82) is 0 Å². The van der Waals surface area contributed by atoms with Gasteiger partial charge >= 0.3 is 0 Å². The van der Waals surface area contributed by atoms with Gasteiger partial charge in [0, 0.05) is 41.6 Å². The van der Waals surface area contributed by atoms with E-state index in [2.05, 4.69) is 10.3 Å². The normalized spacial score (nSPS) is 10.6. The molecule has 0 radical (unpaired) electrons. The van der Waals surface area contributed by atoms with Crippen LogP contribution in [0, 0.1) is 18.6 Å². The number of anilines is 2. The standard InChI is InChI=1S/C27H22F2N2O2/c1-18-24(25(32)11-10-19-14-20(28)16-21(29)15-19)8-5-9-26(18)33-23-12-13-30-27(17-23)31-22-6-3-2-4-7-22/h2-9,12-17H,10-11H2,1H3,(H,30,31). The van der Waals surface area contributed by atoms with Crippen molar-refractivity contribution >= 4 is 17.3 Å². The van der Waals surface area contributed by atoms with E-state index in [1.165, 1.54) is 12.1 Å². The summed E-state index contributed by atoms with van der Waals surface area (Å²) in [7, 11) is 0. The SMILES string of the molecule is Cc1c(Oc2ccnc(Nc3ccccc3)c2)cccc1C(=O)CCc1cc(F)cc(F)c1. The number of nitrogens with one attached hydrogen (secondary N) is 1. The van der Waals surface area contributed by atoms with Crippen molar-refractivity contribution in [3.63, 3.8) is 0 Å². The number of para-hydroxylation sites is 1. The molecule has 0 saturated heterocycles. The van der Waals surface area contributed by atoms with E-state index in [4.69, 9.17) is 4.74 Å². The molecule has 0 unspecified atom stereocenters. The quantitative estimate of drug-likeness (QED) is 0.297. The average Bonchev–Trinajstić information content (AvgIpc) is 2.79. The van der Waals surface area contributed by atoms with E-state index in [0.29, 0.717) is 34.0 Å². The number of ketones is 1. The Balaban J connectivity index is 1.47. The maximum absolute atomic E-state index is 13.4. The van der Waals surface area contributed by atoms with Crippen molar-refractivity contribution in [3.8, 4) is 11.5 Å². The van der Waals surface area contributed by atoms with Crippen molar-refractivity contribution in [1.82, 2.24) is 4.98 Å². The summed E-state index contributed by atoms with van der Waals surface area (Å²) in [5.41, 5.74) is 2.56. The summed E-state index contributed by atoms with van der Waals surface area (Å²) in [4.78, 5) is 17.1. The lowest BCUT2D eigenvalue weighted by molar-refractivity contribution is 0.0982. The highest BCUT2D eigenvalue weighted by molar-refractivity contribution is 5.98. The van der Waals surface area contributed by atoms with Gasteiger partial charge in [0.15, 0.2) is 5.78 Å². The van der Waals surface area contributed by atoms with Gasteiger partial charge in [-0.05, 0) is 55.3 Å². The fourth-order valence-electron chi connectivity index (χ4n) is 3.51. The maximum atomic E-state index is 13.4. The summed E-state index contributed by atoms with van der Waals surface area (Å²) in [5.74, 6) is 0.334. The number of benzene rings is 3. The lowest BCUT2D eigenvalue weighted by atomic mass is 9.98. The van der Waals surface area contributed by atoms with E-state index in [9.17, 15) is 13.6 Å². The van der Waals surface area contributed by atoms with Crippen molar-refractivity contribution in [2.24, 2.45) is 0 Å². The average molecular weight is 444 g/mol. The van der Waals surface area contributed by atoms with Gasteiger partial charge in [-0.15, -0.1) is 0 Å². The third-order valence-electron chi connectivity index (χ3n) is 5.15. The molecular formula is C27H22F2N2O2. The van der Waals surface area contributed by atoms with E-state index in [1.807, 2.05) is 37.3 Å². The molecule has 0 saturated carbocycles. The number of pyridine rings is 1. The van der Waals surface area contributed by atoms with Gasteiger partial charge < -0.3 is 10.1 Å². The first-order valence-electron chi connectivity index (χ1n) is 10.5. The van der Waals surface area contributed by atoms with E-state index in [1.54, 1.807) is 36.5 Å². The predicted octanol–water partition coefficient (Wildman–Crippen LogP) is 7.02. The molecule has 0 amide bonds. The summed E-state index contributed by atoms with van der Waals surface area (Å²) in [6.07, 6.45) is 2.02. The number of aryl methyl sites for hydroxylation is 1. The van der Waals surface area contributed by atoms with Crippen LogP contribution in [0.4, 0.5) is 20.3 Å². The molecule has 0 atom stereocenters. The molecule has 4 aromatic rings. The number of carbonyl (C=O) groups excluding carboxylic acids is 1. The molecule has 4 nitrogen and oxygen atoms in total. The van der Waals surface area contributed by atoms with Gasteiger partial charge in [-0.2, -0.15) is 0 Å². The van der Waals surface area contributed by atoms with E-state index in [-0.39, 0.29) is 18.6 Å². The summed E-state index contributed by atoms with van der Waals surface area (Å²) in [6, 6.07) is 21.8. The molecule has 6 heteroatoms. The number of nitrogens with zero attached hydrogens (tertiary/aromatic N) is 1. The number of rotatable bonds is 8. The topological polar surface area (TPSA) is 51.2 Å². The van der Waals surface area contributed by atoms with Crippen LogP contribution < -0.4 is 10.1 Å². The molecule has 3 aromatic carbocycles. The molecule has 166 valence electrons. The van der Waals surface area contributed by atoms with Crippen LogP contribution in [0.1, 0.15) is 27.9 Å². The number of carbonyl (C=O) groups is 1. The second-order valence-corrected chi connectivity index (χ2v) is 7.60. The Morgan fingerprint density at radius 3 is 2.45 bits per heavy atom. The highest BCUT2D eigenvalue weighted by atomic mass is 19.1. The first kappa shape index (κ1) is 22.1. The Kier molecular flexibility index (Phi) is 6.74. The largest absolute Gasteiger partial charge is 0.457 e. The van der Waals surface area contributed by atoms with Gasteiger partial charge in [-0.25, -0.2) is 13.8 Å². The minimum absolute atomic E-state index is 0.121. The third kappa shape index (κ3) is 5.80. The third-order valence-corrected chi connectivity index (χ3v) is 5.15. The molecule has 0 fully saturated rings. The van der Waals surface area contributed by atoms with Gasteiger partial charge in [0.1, 0.15) is 29.0 Å². The molecule has 0 spiro atoms. The predicted molar refractivity (Wildman–Crippen MR) is 124 cm³/mol. The van der Waals surface area contributed by atoms with E-state index >= 15 is 0 Å². The zero-order chi connectivity index (χ0) is 23.2. The highest BCUT2D eigenvalue weighted by Crippen LogP contribution is 2.29. The molecule has 1 heterocycles. The summed E-state index contributed by atoms with van der Waals surface area (Å²) < 4.78 is 32.8. The smallest absolute Gasteiger partial charge is 0.163 e. The van der Waals surface area contributed by atoms with Crippen LogP contribution in [0.25, 0.3) is 0 Å². The van der Waals surface area contributed by atoms with Gasteiger partial charge in [0.05, 0.1) is 0 Å². The van der Waals surface area contributed by atoms with Crippen molar-refractivity contribution in [2.45, 2.75) is 19.8 Å². The molecule has 1 aromatic heterocycles. The number of Topliss-reactive ketones (excluding diaryl/α,β-unsaturated/α-hetero) is 1. The Hall–Kier alpha value is -4.06. The Labute approximate surface area is 190 Å².